The summed E-state index contributed by atoms with van der Waals surface area (Å²) in [4.78, 5) is 32.5. The molecule has 0 bridgehead atoms. The van der Waals surface area contributed by atoms with Gasteiger partial charge in [-0.15, -0.1) is 0 Å². The fourth-order valence-electron chi connectivity index (χ4n) is 1.88. The Balaban J connectivity index is 4.55. The number of hydrogen-bond acceptors (Lipinski definition) is 3. The summed E-state index contributed by atoms with van der Waals surface area (Å²) in [5, 5.41) is 26.5. The summed E-state index contributed by atoms with van der Waals surface area (Å²) < 4.78 is 0. The molecular formula is C12H20O6. The highest BCUT2D eigenvalue weighted by Crippen LogP contribution is 2.23. The maximum atomic E-state index is 11.0. The summed E-state index contributed by atoms with van der Waals surface area (Å²) in [5.41, 5.74) is 0. The molecule has 0 rings (SSSR count). The molecule has 18 heavy (non-hydrogen) atoms. The van der Waals surface area contributed by atoms with Crippen LogP contribution in [0.3, 0.4) is 0 Å². The number of rotatable bonds is 10. The maximum Gasteiger partial charge on any atom is 0.307 e. The minimum absolute atomic E-state index is 0.208. The molecule has 0 spiro atoms. The number of carboxylic acid groups (broad SMARTS) is 3. The van der Waals surface area contributed by atoms with Crippen LogP contribution in [0.25, 0.3) is 0 Å². The van der Waals surface area contributed by atoms with Gasteiger partial charge in [0, 0.05) is 0 Å². The third-order valence-corrected chi connectivity index (χ3v) is 2.88. The highest BCUT2D eigenvalue weighted by Gasteiger charge is 2.34. The number of carboxylic acids is 3. The first kappa shape index (κ1) is 16.4. The van der Waals surface area contributed by atoms with Crippen LogP contribution >= 0.6 is 0 Å². The zero-order valence-electron chi connectivity index (χ0n) is 10.5. The SMILES string of the molecule is CCCCCCC(C(=O)O)C(CC(=O)O)C(=O)O. The van der Waals surface area contributed by atoms with Crippen molar-refractivity contribution >= 4 is 17.9 Å². The van der Waals surface area contributed by atoms with Crippen molar-refractivity contribution in [2.75, 3.05) is 0 Å². The predicted molar refractivity (Wildman–Crippen MR) is 63.3 cm³/mol. The van der Waals surface area contributed by atoms with Gasteiger partial charge in [0.25, 0.3) is 0 Å². The average molecular weight is 260 g/mol. The lowest BCUT2D eigenvalue weighted by Gasteiger charge is -2.18. The zero-order valence-corrected chi connectivity index (χ0v) is 10.5. The van der Waals surface area contributed by atoms with Crippen LogP contribution in [-0.2, 0) is 14.4 Å². The van der Waals surface area contributed by atoms with Crippen LogP contribution in [0.15, 0.2) is 0 Å². The van der Waals surface area contributed by atoms with Crippen molar-refractivity contribution in [3.05, 3.63) is 0 Å². The van der Waals surface area contributed by atoms with Crippen LogP contribution in [0.2, 0.25) is 0 Å². The second kappa shape index (κ2) is 8.49. The van der Waals surface area contributed by atoms with E-state index in [1.54, 1.807) is 0 Å². The number of hydrogen-bond donors (Lipinski definition) is 3. The van der Waals surface area contributed by atoms with Gasteiger partial charge in [-0.1, -0.05) is 32.6 Å². The lowest BCUT2D eigenvalue weighted by Crippen LogP contribution is -2.31. The van der Waals surface area contributed by atoms with Crippen molar-refractivity contribution in [2.24, 2.45) is 11.8 Å². The van der Waals surface area contributed by atoms with E-state index >= 15 is 0 Å². The Hall–Kier alpha value is -1.59. The molecule has 0 aromatic rings. The largest absolute Gasteiger partial charge is 0.481 e. The van der Waals surface area contributed by atoms with Gasteiger partial charge in [-0.05, 0) is 6.42 Å². The Morgan fingerprint density at radius 3 is 1.83 bits per heavy atom. The molecule has 0 aliphatic heterocycles. The minimum Gasteiger partial charge on any atom is -0.481 e. The molecule has 0 aromatic carbocycles. The molecule has 0 heterocycles. The summed E-state index contributed by atoms with van der Waals surface area (Å²) in [6.07, 6.45) is 2.95. The van der Waals surface area contributed by atoms with Crippen molar-refractivity contribution in [1.82, 2.24) is 0 Å². The number of unbranched alkanes of at least 4 members (excludes halogenated alkanes) is 3. The molecule has 6 heteroatoms. The summed E-state index contributed by atoms with van der Waals surface area (Å²) in [5.74, 6) is -6.38. The fourth-order valence-corrected chi connectivity index (χ4v) is 1.88. The van der Waals surface area contributed by atoms with Gasteiger partial charge in [-0.3, -0.25) is 14.4 Å². The molecular weight excluding hydrogens is 240 g/mol. The van der Waals surface area contributed by atoms with Crippen molar-refractivity contribution in [3.63, 3.8) is 0 Å². The van der Waals surface area contributed by atoms with Gasteiger partial charge in [0.2, 0.25) is 0 Å². The van der Waals surface area contributed by atoms with Crippen LogP contribution < -0.4 is 0 Å². The minimum atomic E-state index is -1.36. The lowest BCUT2D eigenvalue weighted by molar-refractivity contribution is -0.157. The highest BCUT2D eigenvalue weighted by molar-refractivity contribution is 5.83. The number of carbonyl (C=O) groups is 3. The Morgan fingerprint density at radius 2 is 1.44 bits per heavy atom. The first-order chi connectivity index (χ1) is 8.40. The summed E-state index contributed by atoms with van der Waals surface area (Å²) in [6, 6.07) is 0. The summed E-state index contributed by atoms with van der Waals surface area (Å²) in [6.45, 7) is 2.01. The van der Waals surface area contributed by atoms with E-state index in [2.05, 4.69) is 0 Å². The van der Waals surface area contributed by atoms with Crippen LogP contribution in [-0.4, -0.2) is 33.2 Å². The first-order valence-electron chi connectivity index (χ1n) is 6.07. The maximum absolute atomic E-state index is 11.0. The molecule has 0 radical (unpaired) electrons. The van der Waals surface area contributed by atoms with E-state index < -0.39 is 36.2 Å². The van der Waals surface area contributed by atoms with E-state index in [1.165, 1.54) is 0 Å². The predicted octanol–water partition coefficient (Wildman–Crippen LogP) is 1.83. The molecule has 0 aliphatic carbocycles. The van der Waals surface area contributed by atoms with Gasteiger partial charge in [0.1, 0.15) is 0 Å². The molecule has 6 nitrogen and oxygen atoms in total. The third kappa shape index (κ3) is 6.22. The third-order valence-electron chi connectivity index (χ3n) is 2.88. The normalized spacial score (nSPS) is 13.8. The van der Waals surface area contributed by atoms with E-state index in [9.17, 15) is 14.4 Å². The van der Waals surface area contributed by atoms with Crippen LogP contribution in [0.1, 0.15) is 45.4 Å². The molecule has 2 atom stereocenters. The van der Waals surface area contributed by atoms with Crippen molar-refractivity contribution in [3.8, 4) is 0 Å². The quantitative estimate of drug-likeness (QED) is 0.516. The smallest absolute Gasteiger partial charge is 0.307 e. The topological polar surface area (TPSA) is 112 Å². The monoisotopic (exact) mass is 260 g/mol. The van der Waals surface area contributed by atoms with Crippen LogP contribution in [0, 0.1) is 11.8 Å². The molecule has 0 fully saturated rings. The average Bonchev–Trinajstić information content (AvgIpc) is 2.25. The van der Waals surface area contributed by atoms with Gasteiger partial charge >= 0.3 is 17.9 Å². The van der Waals surface area contributed by atoms with Crippen LogP contribution in [0.4, 0.5) is 0 Å². The second-order valence-corrected chi connectivity index (χ2v) is 4.34. The molecule has 2 unspecified atom stereocenters. The fraction of sp³-hybridized carbons (Fsp3) is 0.750. The summed E-state index contributed by atoms with van der Waals surface area (Å²) in [7, 11) is 0. The molecule has 0 saturated heterocycles. The molecule has 0 amide bonds. The van der Waals surface area contributed by atoms with Gasteiger partial charge in [0.15, 0.2) is 0 Å². The molecule has 0 saturated carbocycles. The molecule has 3 N–H and O–H groups in total. The Labute approximate surface area is 106 Å². The van der Waals surface area contributed by atoms with E-state index in [-0.39, 0.29) is 6.42 Å². The molecule has 0 aliphatic rings. The van der Waals surface area contributed by atoms with Gasteiger partial charge in [-0.25, -0.2) is 0 Å². The standard InChI is InChI=1S/C12H20O6/c1-2-3-4-5-6-8(11(15)16)9(12(17)18)7-10(13)14/h8-9H,2-7H2,1H3,(H,13,14)(H,15,16)(H,17,18). The Bertz CT molecular complexity index is 299. The highest BCUT2D eigenvalue weighted by atomic mass is 16.4. The molecule has 0 aromatic heterocycles. The van der Waals surface area contributed by atoms with E-state index in [0.717, 1.165) is 19.3 Å². The Kier molecular flexibility index (Phi) is 7.74. The summed E-state index contributed by atoms with van der Waals surface area (Å²) >= 11 is 0. The van der Waals surface area contributed by atoms with Crippen molar-refractivity contribution in [2.45, 2.75) is 45.4 Å². The zero-order chi connectivity index (χ0) is 14.1. The van der Waals surface area contributed by atoms with Crippen molar-refractivity contribution in [1.29, 1.82) is 0 Å². The second-order valence-electron chi connectivity index (χ2n) is 4.34. The van der Waals surface area contributed by atoms with Gasteiger partial charge in [0.05, 0.1) is 18.3 Å². The van der Waals surface area contributed by atoms with E-state index in [4.69, 9.17) is 15.3 Å². The first-order valence-corrected chi connectivity index (χ1v) is 6.07. The van der Waals surface area contributed by atoms with Gasteiger partial charge in [-0.2, -0.15) is 0 Å². The van der Waals surface area contributed by atoms with E-state index in [1.807, 2.05) is 6.92 Å². The van der Waals surface area contributed by atoms with E-state index in [0.29, 0.717) is 6.42 Å². The van der Waals surface area contributed by atoms with Crippen LogP contribution in [0.5, 0.6) is 0 Å². The van der Waals surface area contributed by atoms with Crippen molar-refractivity contribution < 1.29 is 29.7 Å². The number of aliphatic carboxylic acids is 3. The lowest BCUT2D eigenvalue weighted by atomic mass is 9.85. The molecule has 104 valence electrons. The Morgan fingerprint density at radius 1 is 0.889 bits per heavy atom. The van der Waals surface area contributed by atoms with Gasteiger partial charge < -0.3 is 15.3 Å².